The van der Waals surface area contributed by atoms with Crippen LogP contribution in [-0.2, 0) is 15.3 Å². The van der Waals surface area contributed by atoms with E-state index in [1.807, 2.05) is 30.3 Å². The highest BCUT2D eigenvalue weighted by Crippen LogP contribution is 2.29. The number of nitrogens with zero attached hydrogens (tertiary/aromatic N) is 3. The number of hydrogen-bond acceptors (Lipinski definition) is 6. The van der Waals surface area contributed by atoms with Crippen LogP contribution in [0.4, 0.5) is 5.82 Å². The van der Waals surface area contributed by atoms with Crippen LogP contribution in [0.15, 0.2) is 88.8 Å². The average Bonchev–Trinajstić information content (AvgIpc) is 3.17. The van der Waals surface area contributed by atoms with Crippen molar-refractivity contribution in [1.29, 1.82) is 0 Å². The Hall–Kier alpha value is -3.65. The fourth-order valence-corrected chi connectivity index (χ4v) is 4.41. The molecule has 0 aliphatic heterocycles. The third kappa shape index (κ3) is 4.22. The molecule has 0 aliphatic carbocycles. The normalized spacial score (nSPS) is 12.0. The molecule has 0 fully saturated rings. The lowest BCUT2D eigenvalue weighted by Gasteiger charge is -2.19. The number of rotatable bonds is 5. The monoisotopic (exact) mass is 448 g/mol. The van der Waals surface area contributed by atoms with E-state index < -0.39 is 9.84 Å². The van der Waals surface area contributed by atoms with Crippen molar-refractivity contribution < 1.29 is 13.2 Å². The van der Waals surface area contributed by atoms with Crippen molar-refractivity contribution in [2.75, 3.05) is 5.73 Å². The van der Waals surface area contributed by atoms with Crippen LogP contribution in [0.1, 0.15) is 26.3 Å². The van der Waals surface area contributed by atoms with Crippen LogP contribution in [0.25, 0.3) is 5.69 Å². The lowest BCUT2D eigenvalue weighted by molar-refractivity contribution is 0.482. The Morgan fingerprint density at radius 1 is 0.844 bits per heavy atom. The highest BCUT2D eigenvalue weighted by atomic mass is 32.2. The van der Waals surface area contributed by atoms with E-state index in [0.29, 0.717) is 17.2 Å². The molecule has 3 aromatic carbocycles. The molecule has 7 nitrogen and oxygen atoms in total. The molecule has 1 heterocycles. The largest absolute Gasteiger partial charge is 0.457 e. The van der Waals surface area contributed by atoms with E-state index in [0.717, 1.165) is 5.56 Å². The Bertz CT molecular complexity index is 1320. The summed E-state index contributed by atoms with van der Waals surface area (Å²) in [5, 5.41) is 7.57. The first kappa shape index (κ1) is 21.6. The van der Waals surface area contributed by atoms with E-state index in [2.05, 4.69) is 31.1 Å². The summed E-state index contributed by atoms with van der Waals surface area (Å²) in [5.74, 6) is 1.29. The number of hydrogen-bond donors (Lipinski definition) is 1. The van der Waals surface area contributed by atoms with Crippen LogP contribution >= 0.6 is 0 Å². The molecule has 0 radical (unpaired) electrons. The summed E-state index contributed by atoms with van der Waals surface area (Å²) in [6, 6.07) is 23.1. The van der Waals surface area contributed by atoms with Crippen LogP contribution in [0.5, 0.6) is 11.5 Å². The van der Waals surface area contributed by atoms with Gasteiger partial charge in [0.2, 0.25) is 14.9 Å². The fourth-order valence-electron chi connectivity index (χ4n) is 3.18. The van der Waals surface area contributed by atoms with E-state index >= 15 is 0 Å². The third-order valence-corrected chi connectivity index (χ3v) is 6.71. The summed E-state index contributed by atoms with van der Waals surface area (Å²) >= 11 is 0. The molecule has 0 saturated heterocycles. The maximum absolute atomic E-state index is 13.1. The van der Waals surface area contributed by atoms with Gasteiger partial charge in [0.15, 0.2) is 5.82 Å². The van der Waals surface area contributed by atoms with Gasteiger partial charge in [-0.2, -0.15) is 4.68 Å². The van der Waals surface area contributed by atoms with Crippen molar-refractivity contribution in [2.45, 2.75) is 36.1 Å². The quantitative estimate of drug-likeness (QED) is 0.472. The van der Waals surface area contributed by atoms with Gasteiger partial charge in [0.1, 0.15) is 11.5 Å². The van der Waals surface area contributed by atoms with E-state index in [4.69, 9.17) is 10.5 Å². The van der Waals surface area contributed by atoms with Crippen molar-refractivity contribution in [3.05, 3.63) is 84.4 Å². The second-order valence-electron chi connectivity index (χ2n) is 8.38. The third-order valence-electron chi connectivity index (χ3n) is 5.02. The minimum atomic E-state index is -3.91. The van der Waals surface area contributed by atoms with Gasteiger partial charge in [-0.15, -0.1) is 5.10 Å². The Morgan fingerprint density at radius 2 is 1.44 bits per heavy atom. The van der Waals surface area contributed by atoms with Gasteiger partial charge in [-0.1, -0.05) is 56.3 Å². The van der Waals surface area contributed by atoms with E-state index in [1.54, 1.807) is 48.5 Å². The van der Waals surface area contributed by atoms with Crippen molar-refractivity contribution >= 4 is 15.7 Å². The minimum Gasteiger partial charge on any atom is -0.457 e. The average molecular weight is 449 g/mol. The number of para-hydroxylation sites is 1. The molecule has 164 valence electrons. The van der Waals surface area contributed by atoms with Crippen LogP contribution in [0.3, 0.4) is 0 Å². The number of ether oxygens (including phenoxy) is 1. The van der Waals surface area contributed by atoms with Crippen LogP contribution in [0, 0.1) is 0 Å². The van der Waals surface area contributed by atoms with Crippen LogP contribution < -0.4 is 10.5 Å². The first-order valence-corrected chi connectivity index (χ1v) is 11.5. The van der Waals surface area contributed by atoms with Gasteiger partial charge in [-0.25, -0.2) is 8.42 Å². The van der Waals surface area contributed by atoms with E-state index in [1.165, 1.54) is 4.68 Å². The maximum Gasteiger partial charge on any atom is 0.229 e. The molecule has 1 aromatic heterocycles. The van der Waals surface area contributed by atoms with Gasteiger partial charge in [-0.05, 0) is 59.5 Å². The van der Waals surface area contributed by atoms with Crippen molar-refractivity contribution in [2.24, 2.45) is 0 Å². The Kier molecular flexibility index (Phi) is 5.48. The lowest BCUT2D eigenvalue weighted by atomic mass is 9.87. The first-order chi connectivity index (χ1) is 15.2. The highest BCUT2D eigenvalue weighted by molar-refractivity contribution is 7.91. The molecule has 0 bridgehead atoms. The molecule has 2 N–H and O–H groups in total. The zero-order valence-electron chi connectivity index (χ0n) is 18.1. The highest BCUT2D eigenvalue weighted by Gasteiger charge is 2.27. The van der Waals surface area contributed by atoms with Crippen molar-refractivity contribution in [3.63, 3.8) is 0 Å². The van der Waals surface area contributed by atoms with Gasteiger partial charge < -0.3 is 10.5 Å². The molecule has 0 unspecified atom stereocenters. The molecule has 32 heavy (non-hydrogen) atoms. The zero-order valence-corrected chi connectivity index (χ0v) is 18.9. The maximum atomic E-state index is 13.1. The molecule has 0 atom stereocenters. The Labute approximate surface area is 187 Å². The number of nitrogen functional groups attached to an aromatic ring is 1. The topological polar surface area (TPSA) is 100 Å². The first-order valence-electron chi connectivity index (χ1n) is 10.1. The molecule has 8 heteroatoms. The number of aromatic nitrogens is 3. The van der Waals surface area contributed by atoms with E-state index in [-0.39, 0.29) is 21.2 Å². The minimum absolute atomic E-state index is 0.0541. The molecule has 4 aromatic rings. The predicted molar refractivity (Wildman–Crippen MR) is 123 cm³/mol. The standard InChI is InChI=1S/C24H24N4O3S/c1-24(2,3)17-9-15-21(16-10-17)32(29,30)23-22(25)28(27-26-23)18-11-13-20(14-12-18)31-19-7-5-4-6-8-19/h4-16H,25H2,1-3H3. The Morgan fingerprint density at radius 3 is 2.03 bits per heavy atom. The van der Waals surface area contributed by atoms with E-state index in [9.17, 15) is 8.42 Å². The number of anilines is 1. The Balaban J connectivity index is 1.60. The zero-order chi connectivity index (χ0) is 22.9. The number of sulfone groups is 1. The number of nitrogens with two attached hydrogens (primary N) is 1. The smallest absolute Gasteiger partial charge is 0.229 e. The summed E-state index contributed by atoms with van der Waals surface area (Å²) in [7, 11) is -3.91. The van der Waals surface area contributed by atoms with Crippen molar-refractivity contribution in [3.8, 4) is 17.2 Å². The molecular formula is C24H24N4O3S. The SMILES string of the molecule is CC(C)(C)c1ccc(S(=O)(=O)c2nnn(-c3ccc(Oc4ccccc4)cc3)c2N)cc1. The van der Waals surface area contributed by atoms with Gasteiger partial charge in [-0.3, -0.25) is 0 Å². The summed E-state index contributed by atoms with van der Waals surface area (Å²) in [6.45, 7) is 6.20. The van der Waals surface area contributed by atoms with Crippen LogP contribution in [-0.4, -0.2) is 23.4 Å². The molecule has 0 saturated carbocycles. The second-order valence-corrected chi connectivity index (χ2v) is 10.2. The van der Waals surface area contributed by atoms with Gasteiger partial charge in [0, 0.05) is 0 Å². The molecule has 0 aliphatic rings. The summed E-state index contributed by atoms with van der Waals surface area (Å²) in [4.78, 5) is 0.121. The molecule has 4 rings (SSSR count). The van der Waals surface area contributed by atoms with Gasteiger partial charge in [0.05, 0.1) is 10.6 Å². The van der Waals surface area contributed by atoms with Crippen LogP contribution in [0.2, 0.25) is 0 Å². The van der Waals surface area contributed by atoms with Gasteiger partial charge in [0.25, 0.3) is 0 Å². The molecular weight excluding hydrogens is 424 g/mol. The van der Waals surface area contributed by atoms with Gasteiger partial charge >= 0.3 is 0 Å². The van der Waals surface area contributed by atoms with Crippen molar-refractivity contribution in [1.82, 2.24) is 15.0 Å². The summed E-state index contributed by atoms with van der Waals surface area (Å²) in [6.07, 6.45) is 0. The fraction of sp³-hybridized carbons (Fsp3) is 0.167. The second kappa shape index (κ2) is 8.12. The number of benzene rings is 3. The lowest BCUT2D eigenvalue weighted by Crippen LogP contribution is -2.12. The summed E-state index contributed by atoms with van der Waals surface area (Å²) < 4.78 is 33.3. The molecule has 0 amide bonds. The summed E-state index contributed by atoms with van der Waals surface area (Å²) in [5.41, 5.74) is 7.67. The predicted octanol–water partition coefficient (Wildman–Crippen LogP) is 4.77. The molecule has 0 spiro atoms.